The van der Waals surface area contributed by atoms with E-state index in [0.717, 1.165) is 12.0 Å². The molecule has 13 nitrogen and oxygen atoms in total. The SMILES string of the molecule is CCC[C@@H]1C=C(C)C[C@H](C)C[C@H](OC)[C@H]2O[C@@](O)(C(=O)C(=O)N3CCCC[C@H]3C(=O)O[C@H](C(C)=C[C@@H]3CC[C@@H](O)[C@H](OC)C3)[C@H](C)[C@@H](O)CC1=O)[C@H](C)C[C@@H]2OC. The number of hydrogen-bond donors (Lipinski definition) is 3. The molecule has 57 heavy (non-hydrogen) atoms. The van der Waals surface area contributed by atoms with Crippen molar-refractivity contribution in [2.45, 2.75) is 173 Å². The highest BCUT2D eigenvalue weighted by atomic mass is 16.7. The summed E-state index contributed by atoms with van der Waals surface area (Å²) in [6.07, 6.45) is 4.60. The Labute approximate surface area is 339 Å². The number of allylic oxidation sites excluding steroid dienone is 3. The van der Waals surface area contributed by atoms with Crippen LogP contribution in [-0.4, -0.2) is 126 Å². The number of ether oxygens (including phenoxy) is 5. The largest absolute Gasteiger partial charge is 0.456 e. The van der Waals surface area contributed by atoms with Gasteiger partial charge in [0.1, 0.15) is 24.0 Å². The van der Waals surface area contributed by atoms with E-state index in [2.05, 4.69) is 6.92 Å². The second-order valence-electron chi connectivity index (χ2n) is 17.5. The van der Waals surface area contributed by atoms with Crippen LogP contribution in [0.15, 0.2) is 23.3 Å². The van der Waals surface area contributed by atoms with E-state index in [4.69, 9.17) is 23.7 Å². The van der Waals surface area contributed by atoms with Crippen molar-refractivity contribution in [3.05, 3.63) is 23.3 Å². The molecular formula is C44H71NO12. The molecule has 4 rings (SSSR count). The monoisotopic (exact) mass is 805 g/mol. The number of fused-ring (bicyclic) bond motifs is 3. The first-order valence-corrected chi connectivity index (χ1v) is 21.3. The molecule has 14 atom stereocenters. The number of methoxy groups -OCH3 is 3. The Morgan fingerprint density at radius 1 is 0.912 bits per heavy atom. The number of carbonyl (C=O) groups excluding carboxylic acids is 4. The van der Waals surface area contributed by atoms with Gasteiger partial charge in [-0.1, -0.05) is 51.8 Å². The van der Waals surface area contributed by atoms with Gasteiger partial charge in [0.25, 0.3) is 11.7 Å². The van der Waals surface area contributed by atoms with Gasteiger partial charge in [-0.3, -0.25) is 14.4 Å². The first-order chi connectivity index (χ1) is 27.0. The molecule has 1 amide bonds. The highest BCUT2D eigenvalue weighted by Gasteiger charge is 2.56. The molecule has 3 fully saturated rings. The van der Waals surface area contributed by atoms with Crippen LogP contribution in [0, 0.1) is 29.6 Å². The third kappa shape index (κ3) is 11.4. The van der Waals surface area contributed by atoms with Gasteiger partial charge in [-0.2, -0.15) is 0 Å². The molecule has 324 valence electrons. The highest BCUT2D eigenvalue weighted by Crippen LogP contribution is 2.39. The van der Waals surface area contributed by atoms with E-state index in [-0.39, 0.29) is 49.5 Å². The summed E-state index contributed by atoms with van der Waals surface area (Å²) in [4.78, 5) is 57.9. The van der Waals surface area contributed by atoms with Gasteiger partial charge in [0.2, 0.25) is 5.79 Å². The minimum Gasteiger partial charge on any atom is -0.456 e. The Bertz CT molecular complexity index is 1450. The van der Waals surface area contributed by atoms with E-state index >= 15 is 0 Å². The lowest BCUT2D eigenvalue weighted by Crippen LogP contribution is -2.64. The van der Waals surface area contributed by atoms with E-state index in [9.17, 15) is 34.5 Å². The summed E-state index contributed by atoms with van der Waals surface area (Å²) in [6.45, 7) is 11.4. The number of aliphatic hydroxyl groups is 3. The number of aliphatic hydroxyl groups excluding tert-OH is 2. The Balaban J connectivity index is 1.77. The third-order valence-electron chi connectivity index (χ3n) is 13.1. The van der Waals surface area contributed by atoms with E-state index in [0.29, 0.717) is 56.9 Å². The van der Waals surface area contributed by atoms with Gasteiger partial charge >= 0.3 is 5.97 Å². The maximum atomic E-state index is 14.3. The number of piperidine rings is 1. The highest BCUT2D eigenvalue weighted by molar-refractivity contribution is 6.39. The second kappa shape index (κ2) is 21.1. The standard InChI is InChI=1S/C44H71NO12/c1-10-13-31-19-25(2)18-26(3)20-37(54-8)40-38(55-9)22-28(5)44(52,57-40)41(49)42(50)45-17-12-11-14-32(45)43(51)56-39(29(6)34(47)24-35(31)48)27(4)21-30-15-16-33(46)36(23-30)53-7/h19,21,26,28-34,36-40,46-47,52H,10-18,20,22-24H2,1-9H3/t26-,28+,29+,30-,31+,32-,33+,34-,36+,37-,38-,39+,40+,44+/m0/s1. The Hall–Kier alpha value is -2.52. The number of cyclic esters (lactones) is 1. The molecule has 0 aromatic rings. The average Bonchev–Trinajstić information content (AvgIpc) is 3.18. The Kier molecular flexibility index (Phi) is 17.5. The first-order valence-electron chi connectivity index (χ1n) is 21.3. The molecular weight excluding hydrogens is 734 g/mol. The van der Waals surface area contributed by atoms with E-state index < -0.39 is 83.9 Å². The number of amides is 1. The summed E-state index contributed by atoms with van der Waals surface area (Å²) >= 11 is 0. The van der Waals surface area contributed by atoms with Crippen LogP contribution in [0.2, 0.25) is 0 Å². The summed E-state index contributed by atoms with van der Waals surface area (Å²) < 4.78 is 29.8. The van der Waals surface area contributed by atoms with E-state index in [1.54, 1.807) is 21.0 Å². The van der Waals surface area contributed by atoms with Crippen LogP contribution in [0.25, 0.3) is 0 Å². The second-order valence-corrected chi connectivity index (χ2v) is 17.5. The zero-order valence-corrected chi connectivity index (χ0v) is 35.8. The van der Waals surface area contributed by atoms with Crippen molar-refractivity contribution in [2.24, 2.45) is 29.6 Å². The van der Waals surface area contributed by atoms with E-state index in [1.165, 1.54) is 19.1 Å². The number of Topliss-reactive ketones (excluding diaryl/α,β-unsaturated/α-hetero) is 2. The van der Waals surface area contributed by atoms with Crippen molar-refractivity contribution in [1.29, 1.82) is 0 Å². The van der Waals surface area contributed by atoms with Gasteiger partial charge in [-0.05, 0) is 95.5 Å². The smallest absolute Gasteiger partial charge is 0.329 e. The number of rotatable bonds is 7. The van der Waals surface area contributed by atoms with Crippen molar-refractivity contribution in [3.8, 4) is 0 Å². The van der Waals surface area contributed by atoms with Crippen molar-refractivity contribution in [2.75, 3.05) is 27.9 Å². The van der Waals surface area contributed by atoms with Crippen LogP contribution in [0.1, 0.15) is 119 Å². The molecule has 4 aliphatic rings. The molecule has 3 N–H and O–H groups in total. The minimum absolute atomic E-state index is 0.000416. The predicted octanol–water partition coefficient (Wildman–Crippen LogP) is 4.86. The number of carbonyl (C=O) groups is 4. The normalized spacial score (nSPS) is 40.1. The van der Waals surface area contributed by atoms with Crippen LogP contribution in [-0.2, 0) is 42.9 Å². The van der Waals surface area contributed by atoms with Crippen molar-refractivity contribution < 1.29 is 58.2 Å². The zero-order chi connectivity index (χ0) is 42.2. The van der Waals surface area contributed by atoms with Crippen LogP contribution in [0.3, 0.4) is 0 Å². The van der Waals surface area contributed by atoms with Gasteiger partial charge in [-0.15, -0.1) is 0 Å². The molecule has 0 aromatic heterocycles. The molecule has 0 unspecified atom stereocenters. The van der Waals surface area contributed by atoms with Crippen LogP contribution in [0.5, 0.6) is 0 Å². The number of esters is 1. The topological polar surface area (TPSA) is 178 Å². The fourth-order valence-electron chi connectivity index (χ4n) is 9.60. The fourth-order valence-corrected chi connectivity index (χ4v) is 9.60. The number of ketones is 2. The predicted molar refractivity (Wildman–Crippen MR) is 213 cm³/mol. The maximum absolute atomic E-state index is 14.3. The van der Waals surface area contributed by atoms with Crippen molar-refractivity contribution >= 4 is 23.4 Å². The molecule has 1 aliphatic carbocycles. The molecule has 3 heterocycles. The molecule has 2 bridgehead atoms. The molecule has 3 aliphatic heterocycles. The summed E-state index contributed by atoms with van der Waals surface area (Å²) in [7, 11) is 4.64. The lowest BCUT2D eigenvalue weighted by Gasteiger charge is -2.47. The Morgan fingerprint density at radius 3 is 2.23 bits per heavy atom. The average molecular weight is 806 g/mol. The van der Waals surface area contributed by atoms with Crippen molar-refractivity contribution in [3.63, 3.8) is 0 Å². The summed E-state index contributed by atoms with van der Waals surface area (Å²) in [5.74, 6) is -7.46. The summed E-state index contributed by atoms with van der Waals surface area (Å²) in [6, 6.07) is -1.13. The van der Waals surface area contributed by atoms with Gasteiger partial charge in [0.15, 0.2) is 0 Å². The first kappa shape index (κ1) is 47.2. The minimum atomic E-state index is -2.50. The quantitative estimate of drug-likeness (QED) is 0.181. The number of nitrogens with zero attached hydrogens (tertiary/aromatic N) is 1. The molecule has 0 radical (unpaired) electrons. The molecule has 0 spiro atoms. The zero-order valence-electron chi connectivity index (χ0n) is 35.8. The fraction of sp³-hybridized carbons (Fsp3) is 0.818. The van der Waals surface area contributed by atoms with Crippen LogP contribution < -0.4 is 0 Å². The van der Waals surface area contributed by atoms with Crippen LogP contribution in [0.4, 0.5) is 0 Å². The molecule has 13 heteroatoms. The molecule has 1 saturated carbocycles. The van der Waals surface area contributed by atoms with Gasteiger partial charge in [-0.25, -0.2) is 4.79 Å². The Morgan fingerprint density at radius 2 is 1.58 bits per heavy atom. The van der Waals surface area contributed by atoms with Crippen LogP contribution >= 0.6 is 0 Å². The molecule has 2 saturated heterocycles. The van der Waals surface area contributed by atoms with Gasteiger partial charge in [0, 0.05) is 52.0 Å². The van der Waals surface area contributed by atoms with Gasteiger partial charge in [0.05, 0.1) is 30.5 Å². The maximum Gasteiger partial charge on any atom is 0.329 e. The lowest BCUT2D eigenvalue weighted by molar-refractivity contribution is -0.302. The number of hydrogen-bond acceptors (Lipinski definition) is 12. The molecule has 0 aromatic carbocycles. The van der Waals surface area contributed by atoms with Gasteiger partial charge < -0.3 is 43.9 Å². The summed E-state index contributed by atoms with van der Waals surface area (Å²) in [5.41, 5.74) is 1.67. The third-order valence-corrected chi connectivity index (χ3v) is 13.1. The van der Waals surface area contributed by atoms with Crippen molar-refractivity contribution in [1.82, 2.24) is 4.90 Å². The summed E-state index contributed by atoms with van der Waals surface area (Å²) in [5, 5.41) is 34.2. The van der Waals surface area contributed by atoms with E-state index in [1.807, 2.05) is 32.9 Å². The lowest BCUT2D eigenvalue weighted by atomic mass is 9.81.